The molecule has 10 nitrogen and oxygen atoms in total. The lowest BCUT2D eigenvalue weighted by molar-refractivity contribution is -0.184. The van der Waals surface area contributed by atoms with E-state index in [0.717, 1.165) is 43.4 Å². The Balaban J connectivity index is 5.53. The van der Waals surface area contributed by atoms with Crippen molar-refractivity contribution in [1.29, 1.82) is 0 Å². The Morgan fingerprint density at radius 1 is 0.596 bits per heavy atom. The van der Waals surface area contributed by atoms with Crippen molar-refractivity contribution in [2.45, 2.75) is 232 Å². The second-order valence-electron chi connectivity index (χ2n) is 15.7. The van der Waals surface area contributed by atoms with E-state index in [1.54, 1.807) is 20.8 Å². The van der Waals surface area contributed by atoms with Gasteiger partial charge in [0.25, 0.3) is 0 Å². The molecule has 0 aliphatic heterocycles. The van der Waals surface area contributed by atoms with Crippen LogP contribution in [0.1, 0.15) is 208 Å². The van der Waals surface area contributed by atoms with Crippen molar-refractivity contribution in [2.75, 3.05) is 13.2 Å². The van der Waals surface area contributed by atoms with Crippen molar-refractivity contribution in [1.82, 2.24) is 4.90 Å². The molecule has 0 radical (unpaired) electrons. The molecule has 0 bridgehead atoms. The van der Waals surface area contributed by atoms with Gasteiger partial charge in [0.15, 0.2) is 12.2 Å². The predicted molar refractivity (Wildman–Crippen MR) is 210 cm³/mol. The van der Waals surface area contributed by atoms with Gasteiger partial charge in [-0.15, -0.1) is 0 Å². The third-order valence-corrected chi connectivity index (χ3v) is 9.49. The number of esters is 2. The van der Waals surface area contributed by atoms with Gasteiger partial charge in [-0.2, -0.15) is 0 Å². The zero-order chi connectivity index (χ0) is 39.0. The standard InChI is InChI=1S/C42H80N2O8/c1-6-8-10-12-14-16-18-20-22-24-26-31-37(46)44(38(47)32-27-25-23-21-19-17-15-13-11-9-7-2)35(30-28-29-33-43)40(49)51-36(34-45)39(48)41(50)52-42(3,4)5/h35-36,39,45,48H,6-34,43H2,1-5H3/t35-,36?,39?/m0/s1. The molecular weight excluding hydrogens is 660 g/mol. The summed E-state index contributed by atoms with van der Waals surface area (Å²) in [6.07, 6.45) is 22.7. The smallest absolute Gasteiger partial charge is 0.339 e. The molecule has 0 aliphatic carbocycles. The fraction of sp³-hybridized carbons (Fsp3) is 0.905. The maximum absolute atomic E-state index is 13.8. The summed E-state index contributed by atoms with van der Waals surface area (Å²) in [6, 6.07) is -1.26. The Hall–Kier alpha value is -2.04. The van der Waals surface area contributed by atoms with Crippen LogP contribution in [0, 0.1) is 0 Å². The van der Waals surface area contributed by atoms with E-state index in [-0.39, 0.29) is 19.3 Å². The number of hydrogen-bond acceptors (Lipinski definition) is 9. The Bertz CT molecular complexity index is 884. The minimum absolute atomic E-state index is 0.130. The van der Waals surface area contributed by atoms with E-state index in [4.69, 9.17) is 15.2 Å². The number of rotatable bonds is 34. The van der Waals surface area contributed by atoms with Gasteiger partial charge in [0.1, 0.15) is 11.6 Å². The molecule has 4 N–H and O–H groups in total. The zero-order valence-electron chi connectivity index (χ0n) is 34.1. The van der Waals surface area contributed by atoms with Gasteiger partial charge < -0.3 is 25.4 Å². The highest BCUT2D eigenvalue weighted by Gasteiger charge is 2.39. The number of nitrogens with zero attached hydrogens (tertiary/aromatic N) is 1. The van der Waals surface area contributed by atoms with Crippen molar-refractivity contribution < 1.29 is 38.9 Å². The maximum Gasteiger partial charge on any atom is 0.339 e. The van der Waals surface area contributed by atoms with E-state index in [2.05, 4.69) is 13.8 Å². The van der Waals surface area contributed by atoms with Crippen LogP contribution in [0.2, 0.25) is 0 Å². The summed E-state index contributed by atoms with van der Waals surface area (Å²) >= 11 is 0. The largest absolute Gasteiger partial charge is 0.458 e. The van der Waals surface area contributed by atoms with Gasteiger partial charge >= 0.3 is 11.9 Å². The van der Waals surface area contributed by atoms with E-state index in [1.807, 2.05) is 0 Å². The second-order valence-corrected chi connectivity index (χ2v) is 15.7. The van der Waals surface area contributed by atoms with Crippen LogP contribution in [0.4, 0.5) is 0 Å². The van der Waals surface area contributed by atoms with Crippen LogP contribution >= 0.6 is 0 Å². The highest BCUT2D eigenvalue weighted by Crippen LogP contribution is 2.21. The summed E-state index contributed by atoms with van der Waals surface area (Å²) < 4.78 is 10.7. The number of aliphatic hydroxyl groups is 2. The first kappa shape index (κ1) is 50.0. The molecule has 0 rings (SSSR count). The molecule has 0 saturated carbocycles. The molecule has 0 aromatic rings. The van der Waals surface area contributed by atoms with Crippen LogP contribution in [-0.4, -0.2) is 75.9 Å². The molecule has 0 heterocycles. The lowest BCUT2D eigenvalue weighted by Crippen LogP contribution is -2.52. The molecule has 306 valence electrons. The topological polar surface area (TPSA) is 156 Å². The minimum Gasteiger partial charge on any atom is -0.458 e. The molecule has 52 heavy (non-hydrogen) atoms. The lowest BCUT2D eigenvalue weighted by Gasteiger charge is -2.31. The number of aliphatic hydroxyl groups excluding tert-OH is 2. The van der Waals surface area contributed by atoms with E-state index < -0.39 is 54.2 Å². The SMILES string of the molecule is CCCCCCCCCCCCCC(=O)N(C(=O)CCCCCCCCCCCCC)[C@@H](CCCCN)C(=O)OC(CO)C(O)C(=O)OC(C)(C)C. The molecule has 10 heteroatoms. The summed E-state index contributed by atoms with van der Waals surface area (Å²) in [7, 11) is 0. The van der Waals surface area contributed by atoms with E-state index >= 15 is 0 Å². The van der Waals surface area contributed by atoms with Gasteiger partial charge in [0, 0.05) is 12.8 Å². The van der Waals surface area contributed by atoms with Crippen LogP contribution in [0.3, 0.4) is 0 Å². The normalized spacial score (nSPS) is 13.4. The Morgan fingerprint density at radius 2 is 0.981 bits per heavy atom. The average molecular weight is 741 g/mol. The van der Waals surface area contributed by atoms with Crippen molar-refractivity contribution in [3.8, 4) is 0 Å². The first-order valence-electron chi connectivity index (χ1n) is 21.2. The second kappa shape index (κ2) is 32.4. The number of unbranched alkanes of at least 4 members (excludes halogenated alkanes) is 21. The Kier molecular flexibility index (Phi) is 31.1. The zero-order valence-corrected chi connectivity index (χ0v) is 34.1. The Labute approximate surface area is 317 Å². The molecule has 0 saturated heterocycles. The highest BCUT2D eigenvalue weighted by atomic mass is 16.6. The highest BCUT2D eigenvalue weighted by molar-refractivity contribution is 5.99. The van der Waals surface area contributed by atoms with E-state index in [9.17, 15) is 29.4 Å². The molecule has 0 spiro atoms. The molecule has 0 aliphatic rings. The van der Waals surface area contributed by atoms with Gasteiger partial charge in [-0.25, -0.2) is 9.59 Å². The number of nitrogens with two attached hydrogens (primary N) is 1. The number of amides is 2. The average Bonchev–Trinajstić information content (AvgIpc) is 3.10. The van der Waals surface area contributed by atoms with Crippen LogP contribution in [0.15, 0.2) is 0 Å². The molecule has 2 amide bonds. The quantitative estimate of drug-likeness (QED) is 0.0433. The third-order valence-electron chi connectivity index (χ3n) is 9.49. The molecule has 0 fully saturated rings. The van der Waals surface area contributed by atoms with Crippen molar-refractivity contribution in [3.63, 3.8) is 0 Å². The van der Waals surface area contributed by atoms with E-state index in [0.29, 0.717) is 32.2 Å². The summed E-state index contributed by atoms with van der Waals surface area (Å²) in [5.74, 6) is -2.84. The molecule has 0 aromatic heterocycles. The fourth-order valence-electron chi connectivity index (χ4n) is 6.39. The number of imide groups is 1. The summed E-state index contributed by atoms with van der Waals surface area (Å²) in [4.78, 5) is 54.9. The monoisotopic (exact) mass is 741 g/mol. The van der Waals surface area contributed by atoms with Gasteiger partial charge in [0.05, 0.1) is 6.61 Å². The molecule has 0 aromatic carbocycles. The van der Waals surface area contributed by atoms with Crippen LogP contribution in [0.5, 0.6) is 0 Å². The fourth-order valence-corrected chi connectivity index (χ4v) is 6.39. The van der Waals surface area contributed by atoms with Gasteiger partial charge in [-0.3, -0.25) is 14.5 Å². The number of carbonyl (C=O) groups is 4. The number of carbonyl (C=O) groups excluding carboxylic acids is 4. The minimum atomic E-state index is -1.94. The first-order valence-corrected chi connectivity index (χ1v) is 21.2. The van der Waals surface area contributed by atoms with Crippen LogP contribution in [-0.2, 0) is 28.7 Å². The maximum atomic E-state index is 13.8. The van der Waals surface area contributed by atoms with Gasteiger partial charge in [-0.05, 0) is 59.4 Å². The number of ether oxygens (including phenoxy) is 2. The molecular formula is C42H80N2O8. The Morgan fingerprint density at radius 3 is 1.33 bits per heavy atom. The predicted octanol–water partition coefficient (Wildman–Crippen LogP) is 8.85. The van der Waals surface area contributed by atoms with Crippen molar-refractivity contribution in [2.24, 2.45) is 5.73 Å². The van der Waals surface area contributed by atoms with Crippen molar-refractivity contribution in [3.05, 3.63) is 0 Å². The first-order chi connectivity index (χ1) is 24.9. The molecule has 3 atom stereocenters. The van der Waals surface area contributed by atoms with Crippen LogP contribution < -0.4 is 5.73 Å². The van der Waals surface area contributed by atoms with Gasteiger partial charge in [-0.1, -0.05) is 142 Å². The van der Waals surface area contributed by atoms with E-state index in [1.165, 1.54) is 89.9 Å². The van der Waals surface area contributed by atoms with Gasteiger partial charge in [0.2, 0.25) is 11.8 Å². The summed E-state index contributed by atoms with van der Waals surface area (Å²) in [6.45, 7) is 8.86. The van der Waals surface area contributed by atoms with Crippen LogP contribution in [0.25, 0.3) is 0 Å². The summed E-state index contributed by atoms with van der Waals surface area (Å²) in [5, 5.41) is 20.6. The van der Waals surface area contributed by atoms with Crippen molar-refractivity contribution >= 4 is 23.8 Å². The lowest BCUT2D eigenvalue weighted by atomic mass is 10.0. The molecule has 2 unspecified atom stereocenters. The summed E-state index contributed by atoms with van der Waals surface area (Å²) in [5.41, 5.74) is 4.82. The number of hydrogen-bond donors (Lipinski definition) is 3. The third kappa shape index (κ3) is 25.9.